The van der Waals surface area contributed by atoms with E-state index in [1.165, 1.54) is 6.92 Å². The summed E-state index contributed by atoms with van der Waals surface area (Å²) in [6.45, 7) is 2.93. The molecule has 0 aromatic heterocycles. The number of allylic oxidation sites excluding steroid dienone is 2. The Balaban J connectivity index is 4.60. The topological polar surface area (TPSA) is 63.6 Å². The second-order valence-corrected chi connectivity index (χ2v) is 10.5. The van der Waals surface area contributed by atoms with Crippen molar-refractivity contribution in [2.45, 2.75) is 13.8 Å². The van der Waals surface area contributed by atoms with E-state index in [1.54, 1.807) is 6.92 Å². The predicted molar refractivity (Wildman–Crippen MR) is 42.7 cm³/mol. The zero-order chi connectivity index (χ0) is 9.94. The second-order valence-electron chi connectivity index (χ2n) is 1.72. The summed E-state index contributed by atoms with van der Waals surface area (Å²) in [6, 6.07) is 0. The van der Waals surface area contributed by atoms with Gasteiger partial charge in [-0.25, -0.2) is 0 Å². The molecule has 0 fully saturated rings. The molecule has 8 heteroatoms. The molecule has 0 aromatic carbocycles. The zero-order valence-corrected chi connectivity index (χ0v) is 10.8. The van der Waals surface area contributed by atoms with E-state index in [4.69, 9.17) is 23.4 Å². The number of hydrogen-bond acceptors (Lipinski definition) is 3. The van der Waals surface area contributed by atoms with Crippen molar-refractivity contribution in [2.75, 3.05) is 0 Å². The quantitative estimate of drug-likeness (QED) is 0.564. The Morgan fingerprint density at radius 2 is 1.83 bits per heavy atom. The van der Waals surface area contributed by atoms with Gasteiger partial charge in [-0.3, -0.25) is 0 Å². The van der Waals surface area contributed by atoms with Gasteiger partial charge in [0.15, 0.2) is 0 Å². The molecule has 0 rings (SSSR count). The van der Waals surface area contributed by atoms with Gasteiger partial charge < -0.3 is 0 Å². The molecule has 0 radical (unpaired) electrons. The molecule has 78 valence electrons. The first-order chi connectivity index (χ1) is 5.24. The van der Waals surface area contributed by atoms with Gasteiger partial charge in [0.25, 0.3) is 0 Å². The molecular weight excluding hydrogens is 410 g/mol. The molecule has 0 amide bonds. The van der Waals surface area contributed by atoms with Crippen molar-refractivity contribution in [3.8, 4) is 0 Å². The molecule has 0 atom stereocenters. The zero-order valence-electron chi connectivity index (χ0n) is 6.15. The predicted octanol–water partition coefficient (Wildman–Crippen LogP) is 1.98. The molecule has 0 bridgehead atoms. The summed E-state index contributed by atoms with van der Waals surface area (Å²) in [5.74, 6) is 0.0352. The van der Waals surface area contributed by atoms with Gasteiger partial charge >= 0.3 is 85.2 Å². The maximum absolute atomic E-state index is 10.2. The van der Waals surface area contributed by atoms with Crippen molar-refractivity contribution in [2.24, 2.45) is 0 Å². The molecule has 12 heavy (non-hydrogen) atoms. The molecule has 1 N–H and O–H groups in total. The van der Waals surface area contributed by atoms with Gasteiger partial charge in [-0.15, -0.1) is 0 Å². The Labute approximate surface area is 84.9 Å². The average molecular weight is 417 g/mol. The van der Waals surface area contributed by atoms with Gasteiger partial charge in [-0.1, -0.05) is 0 Å². The van der Waals surface area contributed by atoms with Gasteiger partial charge in [-0.2, -0.15) is 0 Å². The molecular formula is C4H7Cl2O4PtS-. The van der Waals surface area contributed by atoms with Crippen molar-refractivity contribution in [1.29, 1.82) is 0 Å². The van der Waals surface area contributed by atoms with E-state index in [0.29, 0.717) is 3.96 Å². The minimum atomic E-state index is -4.45. The molecule has 0 heterocycles. The fraction of sp³-hybridized carbons (Fsp3) is 0.500. The van der Waals surface area contributed by atoms with Crippen LogP contribution in [0.5, 0.6) is 0 Å². The van der Waals surface area contributed by atoms with E-state index in [1.807, 2.05) is 0 Å². The molecule has 0 saturated carbocycles. The molecule has 0 spiro atoms. The van der Waals surface area contributed by atoms with Crippen molar-refractivity contribution >= 4 is 29.2 Å². The number of rotatable bonds is 3. The van der Waals surface area contributed by atoms with E-state index in [0.717, 1.165) is 0 Å². The Bertz CT molecular complexity index is 283. The van der Waals surface area contributed by atoms with Crippen LogP contribution in [0.2, 0.25) is 0 Å². The normalized spacial score (nSPS) is 15.2. The molecule has 0 saturated heterocycles. The van der Waals surface area contributed by atoms with E-state index < -0.39 is 25.6 Å². The Kier molecular flexibility index (Phi) is 5.10. The third-order valence-electron chi connectivity index (χ3n) is 0.873. The van der Waals surface area contributed by atoms with Gasteiger partial charge in [0, 0.05) is 0 Å². The van der Waals surface area contributed by atoms with E-state index in [9.17, 15) is 8.42 Å². The average Bonchev–Trinajstić information content (AvgIpc) is 1.82. The monoisotopic (exact) mass is 416 g/mol. The summed E-state index contributed by atoms with van der Waals surface area (Å²) in [5, 5.41) is 0. The van der Waals surface area contributed by atoms with Crippen LogP contribution in [-0.4, -0.2) is 13.0 Å². The fourth-order valence-electron chi connectivity index (χ4n) is 0.297. The second kappa shape index (κ2) is 4.82. The minimum absolute atomic E-state index is 0.0352. The summed E-state index contributed by atoms with van der Waals surface area (Å²) >= 11 is -2.25. The summed E-state index contributed by atoms with van der Waals surface area (Å²) in [7, 11) is 6.67. The van der Waals surface area contributed by atoms with E-state index in [-0.39, 0.29) is 5.76 Å². The molecule has 0 aromatic rings. The maximum atomic E-state index is 10.2. The van der Waals surface area contributed by atoms with Crippen LogP contribution in [0.25, 0.3) is 0 Å². The summed E-state index contributed by atoms with van der Waals surface area (Å²) in [4.78, 5) is 0. The summed E-state index contributed by atoms with van der Waals surface area (Å²) in [6.07, 6.45) is 0. The molecule has 0 aliphatic heterocycles. The van der Waals surface area contributed by atoms with Gasteiger partial charge in [0.05, 0.1) is 0 Å². The first kappa shape index (κ1) is 12.7. The first-order valence-corrected chi connectivity index (χ1v) is 10.7. The van der Waals surface area contributed by atoms with Crippen LogP contribution in [0.4, 0.5) is 0 Å². The number of hydrogen-bond donors (Lipinski definition) is 1. The first-order valence-electron chi connectivity index (χ1n) is 2.53. The van der Waals surface area contributed by atoms with Crippen molar-refractivity contribution in [1.82, 2.24) is 0 Å². The Morgan fingerprint density at radius 1 is 1.42 bits per heavy atom. The van der Waals surface area contributed by atoms with Crippen molar-refractivity contribution in [3.05, 3.63) is 9.72 Å². The van der Waals surface area contributed by atoms with E-state index in [2.05, 4.69) is 4.18 Å². The van der Waals surface area contributed by atoms with Gasteiger partial charge in [0.2, 0.25) is 0 Å². The Hall–Kier alpha value is 0.718. The third-order valence-corrected chi connectivity index (χ3v) is 6.36. The fourth-order valence-corrected chi connectivity index (χ4v) is 2.99. The SMILES string of the molecule is CC(OS(=O)(=O)O)=[C](C)[Pt-]([Cl])[Cl]. The van der Waals surface area contributed by atoms with Crippen LogP contribution in [0.3, 0.4) is 0 Å². The van der Waals surface area contributed by atoms with E-state index >= 15 is 0 Å². The number of halogens is 2. The van der Waals surface area contributed by atoms with Gasteiger partial charge in [-0.05, 0) is 0 Å². The van der Waals surface area contributed by atoms with Crippen LogP contribution < -0.4 is 0 Å². The third kappa shape index (κ3) is 5.38. The van der Waals surface area contributed by atoms with Crippen molar-refractivity contribution in [3.63, 3.8) is 0 Å². The standard InChI is InChI=1S/C4H7O4S.2ClH.Pt/c1-3-4(2)8-9(5,6)7;;;/h1-2H3,(H,5,6,7);2*1H;/q;;;+1/p-2. The summed E-state index contributed by atoms with van der Waals surface area (Å²) in [5.41, 5.74) is 0. The van der Waals surface area contributed by atoms with Crippen LogP contribution in [0.15, 0.2) is 9.72 Å². The Morgan fingerprint density at radius 3 is 2.08 bits per heavy atom. The molecule has 0 unspecified atom stereocenters. The summed E-state index contributed by atoms with van der Waals surface area (Å²) < 4.78 is 33.3. The van der Waals surface area contributed by atoms with Crippen molar-refractivity contribution < 1.29 is 32.4 Å². The molecule has 0 aliphatic carbocycles. The van der Waals surface area contributed by atoms with Gasteiger partial charge in [0.1, 0.15) is 0 Å². The van der Waals surface area contributed by atoms with Crippen LogP contribution >= 0.6 is 18.8 Å². The molecule has 0 aliphatic rings. The van der Waals surface area contributed by atoms with Crippen LogP contribution in [0.1, 0.15) is 13.8 Å². The van der Waals surface area contributed by atoms with Crippen LogP contribution in [-0.2, 0) is 29.8 Å². The van der Waals surface area contributed by atoms with Crippen LogP contribution in [0, 0.1) is 0 Å². The molecule has 4 nitrogen and oxygen atoms in total.